The average molecular weight is 367 g/mol. The van der Waals surface area contributed by atoms with Crippen LogP contribution in [-0.4, -0.2) is 40.2 Å². The molecule has 2 aromatic rings. The highest BCUT2D eigenvalue weighted by molar-refractivity contribution is 5.87. The van der Waals surface area contributed by atoms with E-state index in [0.717, 1.165) is 12.1 Å². The lowest BCUT2D eigenvalue weighted by Crippen LogP contribution is -2.28. The number of amides is 1. The summed E-state index contributed by atoms with van der Waals surface area (Å²) < 4.78 is 43.4. The van der Waals surface area contributed by atoms with Gasteiger partial charge in [0.25, 0.3) is 0 Å². The number of alkyl halides is 3. The highest BCUT2D eigenvalue weighted by atomic mass is 19.4. The standard InChI is InChI=1S/C15H16F3NO2.C3H4N2/c1-2-14(20)19-7-6-13(9-19)21-10-11-4-3-5-12(8-11)15(16,17)18;1-2-4-5-3-1/h2-5,8,13H,1,6-7,9-10H2;1-3H,(H,4,5). The first-order valence-corrected chi connectivity index (χ1v) is 8.03. The van der Waals surface area contributed by atoms with Crippen molar-refractivity contribution in [2.45, 2.75) is 25.3 Å². The fourth-order valence-corrected chi connectivity index (χ4v) is 2.46. The van der Waals surface area contributed by atoms with Crippen molar-refractivity contribution in [3.05, 3.63) is 66.5 Å². The number of likely N-dealkylation sites (tertiary alicyclic amines) is 1. The van der Waals surface area contributed by atoms with Gasteiger partial charge in [0.1, 0.15) is 0 Å². The number of carbonyl (C=O) groups excluding carboxylic acids is 1. The van der Waals surface area contributed by atoms with Crippen molar-refractivity contribution in [1.82, 2.24) is 15.1 Å². The summed E-state index contributed by atoms with van der Waals surface area (Å²) in [5, 5.41) is 6.21. The number of nitrogens with zero attached hydrogens (tertiary/aromatic N) is 2. The first-order valence-electron chi connectivity index (χ1n) is 8.03. The van der Waals surface area contributed by atoms with Gasteiger partial charge in [-0.25, -0.2) is 0 Å². The van der Waals surface area contributed by atoms with Crippen molar-refractivity contribution >= 4 is 5.91 Å². The predicted molar refractivity (Wildman–Crippen MR) is 90.0 cm³/mol. The summed E-state index contributed by atoms with van der Waals surface area (Å²) >= 11 is 0. The Morgan fingerprint density at radius 2 is 2.23 bits per heavy atom. The zero-order valence-corrected chi connectivity index (χ0v) is 14.1. The molecule has 0 radical (unpaired) electrons. The number of halogens is 3. The van der Waals surface area contributed by atoms with E-state index in [1.807, 2.05) is 6.07 Å². The first kappa shape index (κ1) is 19.7. The molecule has 1 saturated heterocycles. The minimum atomic E-state index is -4.35. The van der Waals surface area contributed by atoms with Gasteiger partial charge in [-0.2, -0.15) is 18.3 Å². The van der Waals surface area contributed by atoms with Crippen molar-refractivity contribution < 1.29 is 22.7 Å². The Balaban J connectivity index is 0.000000417. The second kappa shape index (κ2) is 9.19. The normalized spacial score (nSPS) is 16.7. The third-order valence-corrected chi connectivity index (χ3v) is 3.78. The smallest absolute Gasteiger partial charge is 0.372 e. The quantitative estimate of drug-likeness (QED) is 0.843. The summed E-state index contributed by atoms with van der Waals surface area (Å²) in [6, 6.07) is 6.91. The number of benzene rings is 1. The van der Waals surface area contributed by atoms with E-state index in [9.17, 15) is 18.0 Å². The Bertz CT molecular complexity index is 685. The molecule has 5 nitrogen and oxygen atoms in total. The molecule has 26 heavy (non-hydrogen) atoms. The highest BCUT2D eigenvalue weighted by Gasteiger charge is 2.30. The van der Waals surface area contributed by atoms with Crippen molar-refractivity contribution in [2.75, 3.05) is 13.1 Å². The molecular formula is C18H20F3N3O2. The van der Waals surface area contributed by atoms with E-state index >= 15 is 0 Å². The Hall–Kier alpha value is -2.61. The Kier molecular flexibility index (Phi) is 6.97. The molecule has 140 valence electrons. The van der Waals surface area contributed by atoms with E-state index < -0.39 is 11.7 Å². The summed E-state index contributed by atoms with van der Waals surface area (Å²) in [5.41, 5.74) is -0.211. The lowest BCUT2D eigenvalue weighted by molar-refractivity contribution is -0.137. The lowest BCUT2D eigenvalue weighted by atomic mass is 10.1. The number of H-pyrrole nitrogens is 1. The van der Waals surface area contributed by atoms with Crippen LogP contribution in [0.25, 0.3) is 0 Å². The van der Waals surface area contributed by atoms with Crippen LogP contribution in [0.3, 0.4) is 0 Å². The minimum Gasteiger partial charge on any atom is -0.372 e. The maximum absolute atomic E-state index is 12.6. The number of hydrogen-bond acceptors (Lipinski definition) is 3. The Morgan fingerprint density at radius 3 is 2.81 bits per heavy atom. The van der Waals surface area contributed by atoms with Crippen molar-refractivity contribution in [1.29, 1.82) is 0 Å². The van der Waals surface area contributed by atoms with Crippen LogP contribution in [-0.2, 0) is 22.3 Å². The molecular weight excluding hydrogens is 347 g/mol. The third-order valence-electron chi connectivity index (χ3n) is 3.78. The van der Waals surface area contributed by atoms with Crippen LogP contribution in [0.15, 0.2) is 55.4 Å². The molecule has 3 rings (SSSR count). The van der Waals surface area contributed by atoms with Gasteiger partial charge < -0.3 is 9.64 Å². The predicted octanol–water partition coefficient (Wildman–Crippen LogP) is 3.42. The molecule has 1 unspecified atom stereocenters. The van der Waals surface area contributed by atoms with Crippen LogP contribution >= 0.6 is 0 Å². The molecule has 1 N–H and O–H groups in total. The van der Waals surface area contributed by atoms with Gasteiger partial charge in [0.05, 0.1) is 18.3 Å². The van der Waals surface area contributed by atoms with Crippen molar-refractivity contribution in [2.24, 2.45) is 0 Å². The van der Waals surface area contributed by atoms with Crippen molar-refractivity contribution in [3.8, 4) is 0 Å². The van der Waals surface area contributed by atoms with Crippen LogP contribution < -0.4 is 0 Å². The summed E-state index contributed by atoms with van der Waals surface area (Å²) in [5.74, 6) is -0.153. The average Bonchev–Trinajstić information content (AvgIpc) is 3.33. The van der Waals surface area contributed by atoms with E-state index in [1.54, 1.807) is 23.4 Å². The topological polar surface area (TPSA) is 58.2 Å². The minimum absolute atomic E-state index is 0.102. The molecule has 1 aromatic carbocycles. The number of aromatic nitrogens is 2. The monoisotopic (exact) mass is 367 g/mol. The van der Waals surface area contributed by atoms with Crippen LogP contribution in [0.5, 0.6) is 0 Å². The number of nitrogens with one attached hydrogen (secondary N) is 1. The molecule has 1 atom stereocenters. The molecule has 0 saturated carbocycles. The van der Waals surface area contributed by atoms with Gasteiger partial charge in [0.2, 0.25) is 5.91 Å². The summed E-state index contributed by atoms with van der Waals surface area (Å²) in [7, 11) is 0. The number of carbonyl (C=O) groups is 1. The SMILES string of the molecule is C=CC(=O)N1CCC(OCc2cccc(C(F)(F)F)c2)C1.c1cn[nH]c1. The molecule has 0 spiro atoms. The van der Waals surface area contributed by atoms with E-state index in [1.165, 1.54) is 12.1 Å². The number of ether oxygens (including phenoxy) is 1. The zero-order chi connectivity index (χ0) is 19.0. The first-order chi connectivity index (χ1) is 12.4. The summed E-state index contributed by atoms with van der Waals surface area (Å²) in [6.45, 7) is 4.55. The van der Waals surface area contributed by atoms with Crippen LogP contribution in [0.1, 0.15) is 17.5 Å². The van der Waals surface area contributed by atoms with Crippen LogP contribution in [0.4, 0.5) is 13.2 Å². The fourth-order valence-electron chi connectivity index (χ4n) is 2.46. The van der Waals surface area contributed by atoms with Crippen LogP contribution in [0, 0.1) is 0 Å². The van der Waals surface area contributed by atoms with Crippen LogP contribution in [0.2, 0.25) is 0 Å². The van der Waals surface area contributed by atoms with E-state index in [2.05, 4.69) is 16.8 Å². The highest BCUT2D eigenvalue weighted by Crippen LogP contribution is 2.29. The Labute approximate surface area is 149 Å². The van der Waals surface area contributed by atoms with Gasteiger partial charge in [-0.05, 0) is 36.3 Å². The van der Waals surface area contributed by atoms with Gasteiger partial charge in [-0.1, -0.05) is 18.7 Å². The molecule has 1 fully saturated rings. The van der Waals surface area contributed by atoms with Gasteiger partial charge in [0, 0.05) is 25.5 Å². The van der Waals surface area contributed by atoms with Gasteiger partial charge in [-0.3, -0.25) is 9.89 Å². The van der Waals surface area contributed by atoms with E-state index in [0.29, 0.717) is 25.1 Å². The van der Waals surface area contributed by atoms with Gasteiger partial charge >= 0.3 is 6.18 Å². The lowest BCUT2D eigenvalue weighted by Gasteiger charge is -2.15. The van der Waals surface area contributed by atoms with Crippen molar-refractivity contribution in [3.63, 3.8) is 0 Å². The van der Waals surface area contributed by atoms with E-state index in [-0.39, 0.29) is 18.6 Å². The maximum Gasteiger partial charge on any atom is 0.416 e. The maximum atomic E-state index is 12.6. The van der Waals surface area contributed by atoms with Gasteiger partial charge in [0.15, 0.2) is 0 Å². The summed E-state index contributed by atoms with van der Waals surface area (Å²) in [4.78, 5) is 13.0. The van der Waals surface area contributed by atoms with Gasteiger partial charge in [-0.15, -0.1) is 0 Å². The molecule has 8 heteroatoms. The largest absolute Gasteiger partial charge is 0.416 e. The molecule has 2 heterocycles. The Morgan fingerprint density at radius 1 is 1.42 bits per heavy atom. The molecule has 0 bridgehead atoms. The number of rotatable bonds is 4. The van der Waals surface area contributed by atoms with E-state index in [4.69, 9.17) is 4.74 Å². The molecule has 1 aromatic heterocycles. The fraction of sp³-hybridized carbons (Fsp3) is 0.333. The molecule has 1 aliphatic rings. The zero-order valence-electron chi connectivity index (χ0n) is 14.1. The number of aromatic amines is 1. The molecule has 0 aliphatic carbocycles. The second-order valence-corrected chi connectivity index (χ2v) is 5.67. The molecule has 1 aliphatic heterocycles. The third kappa shape index (κ3) is 6.03. The summed E-state index contributed by atoms with van der Waals surface area (Å²) in [6.07, 6.45) is 0.882. The number of hydrogen-bond donors (Lipinski definition) is 1. The second-order valence-electron chi connectivity index (χ2n) is 5.67. The molecule has 1 amide bonds.